The first-order chi connectivity index (χ1) is 11.7. The fourth-order valence-corrected chi connectivity index (χ4v) is 5.38. The Morgan fingerprint density at radius 3 is 2.44 bits per heavy atom. The van der Waals surface area contributed by atoms with E-state index in [0.29, 0.717) is 10.6 Å². The standard InChI is InChI=1S/C18H21N3O2S2/c1-10-6-7-11(2)15(8-10)21-25(22,23)17-9-16(24-14(17)5)18-12(3)13(4)19-20-18/h6-9,21H,1-5H3,(H,19,20). The van der Waals surface area contributed by atoms with Gasteiger partial charge in [0.05, 0.1) is 10.6 Å². The summed E-state index contributed by atoms with van der Waals surface area (Å²) >= 11 is 1.44. The zero-order valence-corrected chi connectivity index (χ0v) is 16.5. The lowest BCUT2D eigenvalue weighted by atomic mass is 10.1. The molecule has 0 saturated carbocycles. The quantitative estimate of drug-likeness (QED) is 0.706. The van der Waals surface area contributed by atoms with Crippen LogP contribution in [0.4, 0.5) is 5.69 Å². The highest BCUT2D eigenvalue weighted by Crippen LogP contribution is 2.35. The number of hydrogen-bond acceptors (Lipinski definition) is 4. The molecule has 0 radical (unpaired) electrons. The predicted molar refractivity (Wildman–Crippen MR) is 103 cm³/mol. The van der Waals surface area contributed by atoms with Crippen LogP contribution in [-0.4, -0.2) is 18.6 Å². The minimum absolute atomic E-state index is 0.299. The Bertz CT molecular complexity index is 1050. The van der Waals surface area contributed by atoms with Crippen LogP contribution in [0.1, 0.15) is 27.3 Å². The maximum Gasteiger partial charge on any atom is 0.263 e. The Hall–Kier alpha value is -2.12. The molecule has 3 aromatic rings. The van der Waals surface area contributed by atoms with E-state index in [1.807, 2.05) is 52.8 Å². The molecule has 0 aliphatic carbocycles. The third kappa shape index (κ3) is 3.34. The number of aryl methyl sites for hydroxylation is 4. The molecule has 2 N–H and O–H groups in total. The van der Waals surface area contributed by atoms with Gasteiger partial charge < -0.3 is 0 Å². The summed E-state index contributed by atoms with van der Waals surface area (Å²) in [6, 6.07) is 7.42. The molecule has 1 aromatic carbocycles. The molecule has 3 rings (SSSR count). The summed E-state index contributed by atoms with van der Waals surface area (Å²) in [5.41, 5.74) is 5.33. The number of nitrogens with one attached hydrogen (secondary N) is 2. The van der Waals surface area contributed by atoms with Crippen molar-refractivity contribution in [3.8, 4) is 10.6 Å². The number of thiophene rings is 1. The third-order valence-electron chi connectivity index (χ3n) is 4.29. The average molecular weight is 376 g/mol. The molecule has 0 aliphatic heterocycles. The van der Waals surface area contributed by atoms with E-state index < -0.39 is 10.0 Å². The third-order valence-corrected chi connectivity index (χ3v) is 6.96. The van der Waals surface area contributed by atoms with Crippen LogP contribution in [0.5, 0.6) is 0 Å². The van der Waals surface area contributed by atoms with E-state index >= 15 is 0 Å². The van der Waals surface area contributed by atoms with Gasteiger partial charge in [-0.1, -0.05) is 12.1 Å². The monoisotopic (exact) mass is 375 g/mol. The Balaban J connectivity index is 2.01. The Labute approximate surface area is 152 Å². The maximum atomic E-state index is 12.9. The highest BCUT2D eigenvalue weighted by molar-refractivity contribution is 7.93. The lowest BCUT2D eigenvalue weighted by Crippen LogP contribution is -2.14. The molecule has 0 amide bonds. The van der Waals surface area contributed by atoms with Crippen molar-refractivity contribution in [1.82, 2.24) is 10.2 Å². The van der Waals surface area contributed by atoms with Crippen LogP contribution in [0.2, 0.25) is 0 Å². The van der Waals surface area contributed by atoms with Crippen molar-refractivity contribution in [2.45, 2.75) is 39.5 Å². The number of sulfonamides is 1. The molecular weight excluding hydrogens is 354 g/mol. The van der Waals surface area contributed by atoms with Gasteiger partial charge in [0.1, 0.15) is 10.6 Å². The largest absolute Gasteiger partial charge is 0.282 e. The number of anilines is 1. The molecule has 0 atom stereocenters. The van der Waals surface area contributed by atoms with Crippen LogP contribution in [-0.2, 0) is 10.0 Å². The van der Waals surface area contributed by atoms with Gasteiger partial charge in [0.2, 0.25) is 0 Å². The van der Waals surface area contributed by atoms with Gasteiger partial charge in [-0.2, -0.15) is 5.10 Å². The first kappa shape index (κ1) is 17.7. The smallest absolute Gasteiger partial charge is 0.263 e. The maximum absolute atomic E-state index is 12.9. The summed E-state index contributed by atoms with van der Waals surface area (Å²) in [6.07, 6.45) is 0. The van der Waals surface area contributed by atoms with Crippen LogP contribution in [0, 0.1) is 34.6 Å². The summed E-state index contributed by atoms with van der Waals surface area (Å²) < 4.78 is 28.5. The van der Waals surface area contributed by atoms with Crippen molar-refractivity contribution in [1.29, 1.82) is 0 Å². The minimum atomic E-state index is -3.65. The van der Waals surface area contributed by atoms with Gasteiger partial charge in [-0.05, 0) is 63.4 Å². The molecule has 2 heterocycles. The van der Waals surface area contributed by atoms with Crippen LogP contribution in [0.25, 0.3) is 10.6 Å². The predicted octanol–water partition coefficient (Wildman–Crippen LogP) is 4.48. The topological polar surface area (TPSA) is 74.8 Å². The van der Waals surface area contributed by atoms with Crippen LogP contribution >= 0.6 is 11.3 Å². The molecule has 7 heteroatoms. The fourth-order valence-electron chi connectivity index (χ4n) is 2.62. The average Bonchev–Trinajstić information content (AvgIpc) is 3.07. The van der Waals surface area contributed by atoms with E-state index in [2.05, 4.69) is 14.9 Å². The van der Waals surface area contributed by atoms with Gasteiger partial charge >= 0.3 is 0 Å². The number of nitrogens with zero attached hydrogens (tertiary/aromatic N) is 1. The first-order valence-corrected chi connectivity index (χ1v) is 10.2. The number of aromatic amines is 1. The molecule has 0 unspecified atom stereocenters. The molecule has 2 aromatic heterocycles. The number of benzene rings is 1. The van der Waals surface area contributed by atoms with Gasteiger partial charge in [-0.25, -0.2) is 8.42 Å². The number of rotatable bonds is 4. The SMILES string of the molecule is Cc1ccc(C)c(NS(=O)(=O)c2cc(-c3n[nH]c(C)c3C)sc2C)c1. The van der Waals surface area contributed by atoms with Crippen LogP contribution in [0.15, 0.2) is 29.2 Å². The number of H-pyrrole nitrogens is 1. The van der Waals surface area contributed by atoms with Gasteiger partial charge in [0.15, 0.2) is 0 Å². The van der Waals surface area contributed by atoms with Crippen LogP contribution in [0.3, 0.4) is 0 Å². The highest BCUT2D eigenvalue weighted by atomic mass is 32.2. The van der Waals surface area contributed by atoms with Gasteiger partial charge in [-0.3, -0.25) is 9.82 Å². The Morgan fingerprint density at radius 2 is 1.80 bits per heavy atom. The van der Waals surface area contributed by atoms with Crippen molar-refractivity contribution < 1.29 is 8.42 Å². The van der Waals surface area contributed by atoms with Gasteiger partial charge in [-0.15, -0.1) is 11.3 Å². The molecule has 25 heavy (non-hydrogen) atoms. The van der Waals surface area contributed by atoms with E-state index in [1.54, 1.807) is 6.07 Å². The zero-order valence-electron chi connectivity index (χ0n) is 14.9. The molecule has 0 spiro atoms. The molecule has 5 nitrogen and oxygen atoms in total. The fraction of sp³-hybridized carbons (Fsp3) is 0.278. The van der Waals surface area contributed by atoms with E-state index in [-0.39, 0.29) is 0 Å². The second-order valence-electron chi connectivity index (χ2n) is 6.28. The summed E-state index contributed by atoms with van der Waals surface area (Å²) in [7, 11) is -3.65. The van der Waals surface area contributed by atoms with E-state index in [4.69, 9.17) is 0 Å². The van der Waals surface area contributed by atoms with Crippen molar-refractivity contribution in [3.63, 3.8) is 0 Å². The zero-order chi connectivity index (χ0) is 18.4. The van der Waals surface area contributed by atoms with E-state index in [1.165, 1.54) is 11.3 Å². The molecular formula is C18H21N3O2S2. The molecule has 132 valence electrons. The molecule has 0 fully saturated rings. The Kier molecular flexibility index (Phi) is 4.47. The first-order valence-electron chi connectivity index (χ1n) is 7.91. The molecule has 0 saturated heterocycles. The number of aromatic nitrogens is 2. The number of hydrogen-bond donors (Lipinski definition) is 2. The highest BCUT2D eigenvalue weighted by Gasteiger charge is 2.23. The Morgan fingerprint density at radius 1 is 1.08 bits per heavy atom. The summed E-state index contributed by atoms with van der Waals surface area (Å²) in [4.78, 5) is 1.89. The minimum Gasteiger partial charge on any atom is -0.282 e. The van der Waals surface area contributed by atoms with E-state index in [0.717, 1.165) is 37.8 Å². The summed E-state index contributed by atoms with van der Waals surface area (Å²) in [5.74, 6) is 0. The summed E-state index contributed by atoms with van der Waals surface area (Å²) in [5, 5.41) is 7.25. The normalized spacial score (nSPS) is 11.7. The van der Waals surface area contributed by atoms with Gasteiger partial charge in [0, 0.05) is 10.6 Å². The molecule has 0 aliphatic rings. The van der Waals surface area contributed by atoms with Crippen molar-refractivity contribution in [2.24, 2.45) is 0 Å². The lowest BCUT2D eigenvalue weighted by molar-refractivity contribution is 0.601. The molecule has 0 bridgehead atoms. The van der Waals surface area contributed by atoms with E-state index in [9.17, 15) is 8.42 Å². The van der Waals surface area contributed by atoms with Crippen molar-refractivity contribution in [3.05, 3.63) is 51.5 Å². The second kappa shape index (κ2) is 6.31. The van der Waals surface area contributed by atoms with Crippen molar-refractivity contribution in [2.75, 3.05) is 4.72 Å². The van der Waals surface area contributed by atoms with Crippen molar-refractivity contribution >= 4 is 27.0 Å². The summed E-state index contributed by atoms with van der Waals surface area (Å²) in [6.45, 7) is 9.57. The lowest BCUT2D eigenvalue weighted by Gasteiger charge is -2.11. The van der Waals surface area contributed by atoms with Crippen LogP contribution < -0.4 is 4.72 Å². The second-order valence-corrected chi connectivity index (χ2v) is 9.18. The van der Waals surface area contributed by atoms with Gasteiger partial charge in [0.25, 0.3) is 10.0 Å².